The largest absolute Gasteiger partial charge is 0.347 e. The van der Waals surface area contributed by atoms with Crippen LogP contribution >= 0.6 is 0 Å². The van der Waals surface area contributed by atoms with Gasteiger partial charge in [0.2, 0.25) is 0 Å². The number of carbonyl (C=O) groups is 2. The van der Waals surface area contributed by atoms with Gasteiger partial charge in [0.15, 0.2) is 11.9 Å². The highest BCUT2D eigenvalue weighted by atomic mass is 16.2. The summed E-state index contributed by atoms with van der Waals surface area (Å²) in [6.45, 7) is 23.0. The van der Waals surface area contributed by atoms with Gasteiger partial charge in [0.25, 0.3) is 11.8 Å². The first kappa shape index (κ1) is 27.9. The highest BCUT2D eigenvalue weighted by molar-refractivity contribution is 6.10. The minimum Gasteiger partial charge on any atom is -0.347 e. The third-order valence-electron chi connectivity index (χ3n) is 10.2. The normalized spacial score (nSPS) is 19.6. The van der Waals surface area contributed by atoms with E-state index in [1.807, 2.05) is 56.3 Å². The van der Waals surface area contributed by atoms with E-state index >= 15 is 0 Å². The first-order valence-electron chi connectivity index (χ1n) is 13.5. The highest BCUT2D eigenvalue weighted by Crippen LogP contribution is 2.53. The molecule has 0 aliphatic carbocycles. The Morgan fingerprint density at radius 3 is 1.66 bits per heavy atom. The van der Waals surface area contributed by atoms with Crippen LogP contribution in [0.2, 0.25) is 0 Å². The molecule has 3 aromatic rings. The van der Waals surface area contributed by atoms with E-state index in [1.165, 1.54) is 0 Å². The Balaban J connectivity index is 1.98. The number of aryl methyl sites for hydroxylation is 4. The van der Waals surface area contributed by atoms with Crippen LogP contribution in [0.25, 0.3) is 10.9 Å². The SMILES string of the molecule is Cc1c[n+](C)c(C)c2c(C(=O)N3C(C)(C)C(C)(C)N(C(=O)c4ccccc4)C(C)(C)C3(C)C)c(C)n(C)c12. The summed E-state index contributed by atoms with van der Waals surface area (Å²) >= 11 is 0. The van der Waals surface area contributed by atoms with Gasteiger partial charge in [-0.2, -0.15) is 0 Å². The van der Waals surface area contributed by atoms with Crippen LogP contribution in [0.3, 0.4) is 0 Å². The van der Waals surface area contributed by atoms with Crippen molar-refractivity contribution < 1.29 is 14.2 Å². The third kappa shape index (κ3) is 3.41. The molecule has 0 saturated carbocycles. The van der Waals surface area contributed by atoms with Crippen molar-refractivity contribution in [3.05, 3.63) is 64.6 Å². The molecule has 204 valence electrons. The van der Waals surface area contributed by atoms with Gasteiger partial charge in [-0.15, -0.1) is 0 Å². The van der Waals surface area contributed by atoms with Gasteiger partial charge >= 0.3 is 0 Å². The Morgan fingerprint density at radius 1 is 0.737 bits per heavy atom. The van der Waals surface area contributed by atoms with Crippen LogP contribution < -0.4 is 4.57 Å². The highest BCUT2D eigenvalue weighted by Gasteiger charge is 2.66. The minimum absolute atomic E-state index is 0.00441. The molecule has 1 fully saturated rings. The predicted octanol–water partition coefficient (Wildman–Crippen LogP) is 5.64. The first-order chi connectivity index (χ1) is 17.3. The van der Waals surface area contributed by atoms with E-state index in [-0.39, 0.29) is 11.8 Å². The van der Waals surface area contributed by atoms with Crippen molar-refractivity contribution in [2.75, 3.05) is 0 Å². The number of aromatic nitrogens is 2. The lowest BCUT2D eigenvalue weighted by atomic mass is 9.64. The molecule has 6 heteroatoms. The minimum atomic E-state index is -0.692. The molecule has 0 bridgehead atoms. The van der Waals surface area contributed by atoms with Crippen molar-refractivity contribution in [3.63, 3.8) is 0 Å². The topological polar surface area (TPSA) is 49.4 Å². The van der Waals surface area contributed by atoms with Crippen LogP contribution in [0.5, 0.6) is 0 Å². The Kier molecular flexibility index (Phi) is 6.18. The van der Waals surface area contributed by atoms with Crippen LogP contribution in [-0.4, -0.2) is 48.3 Å². The van der Waals surface area contributed by atoms with Crippen molar-refractivity contribution in [2.24, 2.45) is 14.1 Å². The summed E-state index contributed by atoms with van der Waals surface area (Å²) in [6.07, 6.45) is 2.12. The molecule has 0 radical (unpaired) electrons. The van der Waals surface area contributed by atoms with Gasteiger partial charge in [0.05, 0.1) is 38.6 Å². The molecular weight excluding hydrogens is 472 g/mol. The smallest absolute Gasteiger partial charge is 0.257 e. The lowest BCUT2D eigenvalue weighted by molar-refractivity contribution is -0.676. The van der Waals surface area contributed by atoms with E-state index in [0.29, 0.717) is 5.56 Å². The Labute approximate surface area is 228 Å². The predicted molar refractivity (Wildman–Crippen MR) is 153 cm³/mol. The number of carbonyl (C=O) groups excluding carboxylic acids is 2. The summed E-state index contributed by atoms with van der Waals surface area (Å²) in [7, 11) is 4.08. The number of piperazine rings is 1. The summed E-state index contributed by atoms with van der Waals surface area (Å²) in [5.41, 5.74) is 2.90. The molecule has 38 heavy (non-hydrogen) atoms. The fourth-order valence-electron chi connectivity index (χ4n) is 6.83. The number of amides is 2. The number of fused-ring (bicyclic) bond motifs is 1. The zero-order valence-electron chi connectivity index (χ0n) is 25.6. The molecular formula is C32H45N4O2+. The van der Waals surface area contributed by atoms with Crippen LogP contribution in [0.15, 0.2) is 36.5 Å². The maximum Gasteiger partial charge on any atom is 0.257 e. The van der Waals surface area contributed by atoms with E-state index in [1.54, 1.807) is 0 Å². The first-order valence-corrected chi connectivity index (χ1v) is 13.5. The Hall–Kier alpha value is -3.15. The molecule has 0 unspecified atom stereocenters. The number of nitrogens with zero attached hydrogens (tertiary/aromatic N) is 4. The van der Waals surface area contributed by atoms with Crippen LogP contribution in [0.4, 0.5) is 0 Å². The number of pyridine rings is 1. The molecule has 2 amide bonds. The van der Waals surface area contributed by atoms with Crippen LogP contribution in [0, 0.1) is 20.8 Å². The molecule has 1 aliphatic heterocycles. The quantitative estimate of drug-likeness (QED) is 0.413. The summed E-state index contributed by atoms with van der Waals surface area (Å²) in [5.74, 6) is -0.0153. The summed E-state index contributed by atoms with van der Waals surface area (Å²) in [4.78, 5) is 33.2. The molecule has 0 spiro atoms. The fraction of sp³-hybridized carbons (Fsp3) is 0.531. The number of hydrogen-bond acceptors (Lipinski definition) is 2. The van der Waals surface area contributed by atoms with Crippen molar-refractivity contribution in [1.82, 2.24) is 14.4 Å². The Morgan fingerprint density at radius 2 is 1.18 bits per heavy atom. The van der Waals surface area contributed by atoms with E-state index in [2.05, 4.69) is 89.5 Å². The van der Waals surface area contributed by atoms with E-state index in [0.717, 1.165) is 33.4 Å². The van der Waals surface area contributed by atoms with Crippen molar-refractivity contribution >= 4 is 22.7 Å². The van der Waals surface area contributed by atoms with E-state index < -0.39 is 22.2 Å². The van der Waals surface area contributed by atoms with Crippen molar-refractivity contribution in [2.45, 2.75) is 98.3 Å². The van der Waals surface area contributed by atoms with Crippen LogP contribution in [0.1, 0.15) is 93.1 Å². The number of rotatable bonds is 2. The van der Waals surface area contributed by atoms with Gasteiger partial charge < -0.3 is 14.4 Å². The number of benzene rings is 1. The molecule has 6 nitrogen and oxygen atoms in total. The second-order valence-corrected chi connectivity index (χ2v) is 13.1. The molecule has 4 rings (SSSR count). The number of hydrogen-bond donors (Lipinski definition) is 0. The van der Waals surface area contributed by atoms with Gasteiger partial charge in [0, 0.05) is 30.8 Å². The molecule has 1 aliphatic rings. The molecule has 1 saturated heterocycles. The van der Waals surface area contributed by atoms with Gasteiger partial charge in [-0.1, -0.05) is 18.2 Å². The van der Waals surface area contributed by atoms with E-state index in [9.17, 15) is 9.59 Å². The van der Waals surface area contributed by atoms with Gasteiger partial charge in [0.1, 0.15) is 7.05 Å². The van der Waals surface area contributed by atoms with Crippen LogP contribution in [-0.2, 0) is 14.1 Å². The van der Waals surface area contributed by atoms with Gasteiger partial charge in [-0.05, 0) is 81.4 Å². The maximum absolute atomic E-state index is 15.0. The Bertz CT molecular complexity index is 1430. The monoisotopic (exact) mass is 517 g/mol. The second-order valence-electron chi connectivity index (χ2n) is 13.1. The molecule has 0 N–H and O–H groups in total. The summed E-state index contributed by atoms with van der Waals surface area (Å²) < 4.78 is 4.25. The fourth-order valence-corrected chi connectivity index (χ4v) is 6.83. The van der Waals surface area contributed by atoms with Crippen molar-refractivity contribution in [3.8, 4) is 0 Å². The van der Waals surface area contributed by atoms with Crippen molar-refractivity contribution in [1.29, 1.82) is 0 Å². The molecule has 3 heterocycles. The summed E-state index contributed by atoms with van der Waals surface area (Å²) in [6, 6.07) is 9.47. The molecule has 1 aromatic carbocycles. The lowest BCUT2D eigenvalue weighted by Gasteiger charge is -2.71. The van der Waals surface area contributed by atoms with E-state index in [4.69, 9.17) is 0 Å². The maximum atomic E-state index is 15.0. The average molecular weight is 518 g/mol. The second kappa shape index (κ2) is 8.42. The molecule has 2 aromatic heterocycles. The zero-order valence-corrected chi connectivity index (χ0v) is 25.6. The molecule has 0 atom stereocenters. The van der Waals surface area contributed by atoms with Gasteiger partial charge in [-0.25, -0.2) is 4.57 Å². The third-order valence-corrected chi connectivity index (χ3v) is 10.2. The standard InChI is InChI=1S/C32H45N4O2/c1-20-19-33(12)21(2)24-25(22(3)34(13)26(20)24)28(38)36-31(8,9)29(4,5)35(30(6,7)32(36,10)11)27(37)23-17-15-14-16-18-23/h14-19H,1-13H3/q+1. The summed E-state index contributed by atoms with van der Waals surface area (Å²) in [5, 5.41) is 1.00. The lowest BCUT2D eigenvalue weighted by Crippen LogP contribution is -2.85. The zero-order chi connectivity index (χ0) is 28.7. The van der Waals surface area contributed by atoms with Gasteiger partial charge in [-0.3, -0.25) is 9.59 Å². The average Bonchev–Trinajstić information content (AvgIpc) is 3.07.